The van der Waals surface area contributed by atoms with Crippen LogP contribution in [0.1, 0.15) is 27.9 Å². The standard InChI is InChI=1S/C25H22ClFN2O4/c26-21-11-17(12-22-24(21)33-9-3-8-32-22)13-23(30)28-15-16-4-1-7-20(10-16)29-25(31)18-5-2-6-19(27)14-18/h1-2,4-7,10-12,14H,3,8-9,13,15H2,(H,28,30)(H,29,31). The SMILES string of the molecule is O=C(Cc1cc(Cl)c2c(c1)OCCCO2)NCc1cccc(NC(=O)c2cccc(F)c2)c1. The Hall–Kier alpha value is -3.58. The first-order valence-corrected chi connectivity index (χ1v) is 10.9. The van der Waals surface area contributed by atoms with Crippen LogP contribution in [0.15, 0.2) is 60.7 Å². The number of rotatable bonds is 6. The number of anilines is 1. The summed E-state index contributed by atoms with van der Waals surface area (Å²) in [6.45, 7) is 1.35. The van der Waals surface area contributed by atoms with Crippen molar-refractivity contribution in [3.05, 3.63) is 88.2 Å². The summed E-state index contributed by atoms with van der Waals surface area (Å²) in [6, 6.07) is 16.0. The summed E-state index contributed by atoms with van der Waals surface area (Å²) in [5.74, 6) is -0.0225. The van der Waals surface area contributed by atoms with Crippen LogP contribution in [-0.4, -0.2) is 25.0 Å². The minimum atomic E-state index is -0.478. The first-order valence-electron chi connectivity index (χ1n) is 10.5. The molecule has 0 spiro atoms. The Morgan fingerprint density at radius 2 is 1.79 bits per heavy atom. The fourth-order valence-electron chi connectivity index (χ4n) is 3.43. The lowest BCUT2D eigenvalue weighted by molar-refractivity contribution is -0.120. The Morgan fingerprint density at radius 1 is 0.970 bits per heavy atom. The van der Waals surface area contributed by atoms with Crippen molar-refractivity contribution < 1.29 is 23.5 Å². The topological polar surface area (TPSA) is 76.7 Å². The number of halogens is 2. The number of hydrogen-bond acceptors (Lipinski definition) is 4. The molecule has 1 aliphatic rings. The Kier molecular flexibility index (Phi) is 7.10. The third kappa shape index (κ3) is 6.02. The second-order valence-corrected chi connectivity index (χ2v) is 7.98. The first-order chi connectivity index (χ1) is 16.0. The zero-order chi connectivity index (χ0) is 23.2. The summed E-state index contributed by atoms with van der Waals surface area (Å²) in [7, 11) is 0. The van der Waals surface area contributed by atoms with Gasteiger partial charge in [0.25, 0.3) is 5.91 Å². The highest BCUT2D eigenvalue weighted by Gasteiger charge is 2.17. The molecule has 170 valence electrons. The van der Waals surface area contributed by atoms with Crippen LogP contribution in [0, 0.1) is 5.82 Å². The maximum atomic E-state index is 13.3. The fourth-order valence-corrected chi connectivity index (χ4v) is 3.71. The van der Waals surface area contributed by atoms with E-state index in [1.165, 1.54) is 24.3 Å². The maximum absolute atomic E-state index is 13.3. The van der Waals surface area contributed by atoms with Crippen LogP contribution >= 0.6 is 11.6 Å². The third-order valence-corrected chi connectivity index (χ3v) is 5.27. The lowest BCUT2D eigenvalue weighted by Gasteiger charge is -2.12. The van der Waals surface area contributed by atoms with Crippen LogP contribution in [0.3, 0.4) is 0 Å². The number of amides is 2. The van der Waals surface area contributed by atoms with Crippen LogP contribution in [0.5, 0.6) is 11.5 Å². The van der Waals surface area contributed by atoms with Crippen molar-refractivity contribution in [1.29, 1.82) is 0 Å². The fraction of sp³-hybridized carbons (Fsp3) is 0.200. The zero-order valence-corrected chi connectivity index (χ0v) is 18.5. The minimum Gasteiger partial charge on any atom is -0.489 e. The molecule has 1 heterocycles. The average molecular weight is 469 g/mol. The molecular weight excluding hydrogens is 447 g/mol. The summed E-state index contributed by atoms with van der Waals surface area (Å²) in [5.41, 5.74) is 2.29. The highest BCUT2D eigenvalue weighted by molar-refractivity contribution is 6.32. The number of fused-ring (bicyclic) bond motifs is 1. The van der Waals surface area contributed by atoms with Crippen LogP contribution in [-0.2, 0) is 17.8 Å². The number of ether oxygens (including phenoxy) is 2. The van der Waals surface area contributed by atoms with Gasteiger partial charge in [-0.3, -0.25) is 9.59 Å². The zero-order valence-electron chi connectivity index (χ0n) is 17.7. The first kappa shape index (κ1) is 22.6. The molecule has 8 heteroatoms. The molecule has 0 saturated carbocycles. The molecule has 0 fully saturated rings. The number of carbonyl (C=O) groups is 2. The summed E-state index contributed by atoms with van der Waals surface area (Å²) in [6.07, 6.45) is 0.898. The molecule has 0 aliphatic carbocycles. The summed E-state index contributed by atoms with van der Waals surface area (Å²) >= 11 is 6.30. The Labute approximate surface area is 195 Å². The molecule has 2 amide bonds. The minimum absolute atomic E-state index is 0.131. The second kappa shape index (κ2) is 10.4. The molecule has 2 N–H and O–H groups in total. The van der Waals surface area contributed by atoms with Gasteiger partial charge in [0.1, 0.15) is 5.82 Å². The average Bonchev–Trinajstić information content (AvgIpc) is 3.04. The molecule has 0 saturated heterocycles. The van der Waals surface area contributed by atoms with Gasteiger partial charge in [-0.25, -0.2) is 4.39 Å². The molecule has 0 unspecified atom stereocenters. The number of nitrogens with one attached hydrogen (secondary N) is 2. The molecular formula is C25H22ClFN2O4. The smallest absolute Gasteiger partial charge is 0.255 e. The quantitative estimate of drug-likeness (QED) is 0.547. The van der Waals surface area contributed by atoms with Gasteiger partial charge in [0, 0.05) is 24.2 Å². The van der Waals surface area contributed by atoms with Crippen molar-refractivity contribution in [2.45, 2.75) is 19.4 Å². The van der Waals surface area contributed by atoms with Gasteiger partial charge in [-0.05, 0) is 53.6 Å². The van der Waals surface area contributed by atoms with Gasteiger partial charge in [0.05, 0.1) is 24.7 Å². The predicted molar refractivity (Wildman–Crippen MR) is 123 cm³/mol. The molecule has 0 radical (unpaired) electrons. The van der Waals surface area contributed by atoms with Gasteiger partial charge in [0.15, 0.2) is 11.5 Å². The number of hydrogen-bond donors (Lipinski definition) is 2. The number of benzene rings is 3. The Morgan fingerprint density at radius 3 is 2.64 bits per heavy atom. The van der Waals surface area contributed by atoms with Crippen LogP contribution in [0.2, 0.25) is 5.02 Å². The second-order valence-electron chi connectivity index (χ2n) is 7.57. The highest BCUT2D eigenvalue weighted by atomic mass is 35.5. The summed E-state index contributed by atoms with van der Waals surface area (Å²) < 4.78 is 24.6. The van der Waals surface area contributed by atoms with Gasteiger partial charge in [-0.2, -0.15) is 0 Å². The summed E-state index contributed by atoms with van der Waals surface area (Å²) in [5, 5.41) is 6.01. The van der Waals surface area contributed by atoms with Crippen molar-refractivity contribution in [3.8, 4) is 11.5 Å². The lowest BCUT2D eigenvalue weighted by atomic mass is 10.1. The van der Waals surface area contributed by atoms with E-state index in [0.29, 0.717) is 35.4 Å². The molecule has 0 aromatic heterocycles. The molecule has 33 heavy (non-hydrogen) atoms. The van der Waals surface area contributed by atoms with Gasteiger partial charge in [0.2, 0.25) is 5.91 Å². The lowest BCUT2D eigenvalue weighted by Crippen LogP contribution is -2.24. The van der Waals surface area contributed by atoms with Gasteiger partial charge < -0.3 is 20.1 Å². The van der Waals surface area contributed by atoms with E-state index in [-0.39, 0.29) is 24.4 Å². The van der Waals surface area contributed by atoms with Crippen molar-refractivity contribution in [2.75, 3.05) is 18.5 Å². The molecule has 3 aromatic carbocycles. The van der Waals surface area contributed by atoms with Crippen molar-refractivity contribution in [1.82, 2.24) is 5.32 Å². The van der Waals surface area contributed by atoms with Gasteiger partial charge in [-0.15, -0.1) is 0 Å². The van der Waals surface area contributed by atoms with Crippen molar-refractivity contribution >= 4 is 29.1 Å². The van der Waals surface area contributed by atoms with E-state index in [0.717, 1.165) is 17.5 Å². The third-order valence-electron chi connectivity index (χ3n) is 4.99. The van der Waals surface area contributed by atoms with Crippen molar-refractivity contribution in [3.63, 3.8) is 0 Å². The Balaban J connectivity index is 1.35. The normalized spacial score (nSPS) is 12.5. The van der Waals surface area contributed by atoms with E-state index in [2.05, 4.69) is 10.6 Å². The predicted octanol–water partition coefficient (Wildman–Crippen LogP) is 4.75. The largest absolute Gasteiger partial charge is 0.489 e. The van der Waals surface area contributed by atoms with Crippen LogP contribution < -0.4 is 20.1 Å². The van der Waals surface area contributed by atoms with E-state index in [1.54, 1.807) is 30.3 Å². The molecule has 0 bridgehead atoms. The Bertz CT molecular complexity index is 1180. The van der Waals surface area contributed by atoms with Crippen LogP contribution in [0.25, 0.3) is 0 Å². The molecule has 0 atom stereocenters. The monoisotopic (exact) mass is 468 g/mol. The van der Waals surface area contributed by atoms with E-state index in [1.807, 2.05) is 6.07 Å². The molecule has 3 aromatic rings. The molecule has 1 aliphatic heterocycles. The molecule has 6 nitrogen and oxygen atoms in total. The van der Waals surface area contributed by atoms with Gasteiger partial charge >= 0.3 is 0 Å². The van der Waals surface area contributed by atoms with Crippen LogP contribution in [0.4, 0.5) is 10.1 Å². The summed E-state index contributed by atoms with van der Waals surface area (Å²) in [4.78, 5) is 24.8. The molecule has 4 rings (SSSR count). The van der Waals surface area contributed by atoms with Crippen molar-refractivity contribution in [2.24, 2.45) is 0 Å². The maximum Gasteiger partial charge on any atom is 0.255 e. The highest BCUT2D eigenvalue weighted by Crippen LogP contribution is 2.38. The van der Waals surface area contributed by atoms with Gasteiger partial charge in [-0.1, -0.05) is 29.8 Å². The number of carbonyl (C=O) groups excluding carboxylic acids is 2. The van der Waals surface area contributed by atoms with E-state index in [9.17, 15) is 14.0 Å². The van der Waals surface area contributed by atoms with E-state index >= 15 is 0 Å². The van der Waals surface area contributed by atoms with E-state index < -0.39 is 11.7 Å². The van der Waals surface area contributed by atoms with E-state index in [4.69, 9.17) is 21.1 Å².